The molecule has 2 atom stereocenters. The molecular weight excluding hydrogens is 827 g/mol. The maximum atomic E-state index is 12.4. The van der Waals surface area contributed by atoms with Crippen molar-refractivity contribution in [2.75, 3.05) is 13.2 Å². The molecule has 0 aromatic rings. The third-order valence-electron chi connectivity index (χ3n) is 14.0. The third-order valence-corrected chi connectivity index (χ3v) is 14.0. The number of unbranched alkanes of at least 4 members (excludes halogenated alkanes) is 41. The lowest BCUT2D eigenvalue weighted by Crippen LogP contribution is -2.45. The van der Waals surface area contributed by atoms with Crippen LogP contribution in [0.25, 0.3) is 0 Å². The van der Waals surface area contributed by atoms with Gasteiger partial charge in [0.05, 0.1) is 25.4 Å². The zero-order valence-electron chi connectivity index (χ0n) is 45.1. The maximum Gasteiger partial charge on any atom is 0.305 e. The molecule has 396 valence electrons. The van der Waals surface area contributed by atoms with E-state index in [1.807, 2.05) is 0 Å². The maximum absolute atomic E-state index is 12.4. The molecule has 67 heavy (non-hydrogen) atoms. The summed E-state index contributed by atoms with van der Waals surface area (Å²) in [6.45, 7) is 4.94. The Morgan fingerprint density at radius 3 is 1.13 bits per heavy atom. The van der Waals surface area contributed by atoms with Crippen LogP contribution in [0.15, 0.2) is 24.3 Å². The number of allylic oxidation sites excluding steroid dienone is 4. The Kier molecular flexibility index (Phi) is 55.5. The van der Waals surface area contributed by atoms with Crippen molar-refractivity contribution in [1.82, 2.24) is 5.32 Å². The molecule has 0 aromatic heterocycles. The van der Waals surface area contributed by atoms with Crippen molar-refractivity contribution in [2.24, 2.45) is 0 Å². The van der Waals surface area contributed by atoms with Gasteiger partial charge in [-0.3, -0.25) is 9.59 Å². The molecular formula is C61H117NO5. The highest BCUT2D eigenvalue weighted by Crippen LogP contribution is 2.17. The highest BCUT2D eigenvalue weighted by Gasteiger charge is 2.20. The van der Waals surface area contributed by atoms with Gasteiger partial charge < -0.3 is 20.3 Å². The summed E-state index contributed by atoms with van der Waals surface area (Å²) in [6, 6.07) is -0.540. The summed E-state index contributed by atoms with van der Waals surface area (Å²) >= 11 is 0. The predicted octanol–water partition coefficient (Wildman–Crippen LogP) is 18.6. The van der Waals surface area contributed by atoms with Crippen LogP contribution in [0.3, 0.4) is 0 Å². The number of nitrogens with one attached hydrogen (secondary N) is 1. The summed E-state index contributed by atoms with van der Waals surface area (Å²) in [4.78, 5) is 24.4. The average molecular weight is 945 g/mol. The van der Waals surface area contributed by atoms with Crippen molar-refractivity contribution in [2.45, 2.75) is 341 Å². The van der Waals surface area contributed by atoms with Gasteiger partial charge in [0.25, 0.3) is 0 Å². The summed E-state index contributed by atoms with van der Waals surface area (Å²) in [5, 5.41) is 23.1. The summed E-state index contributed by atoms with van der Waals surface area (Å²) in [5.74, 6) is -0.0251. The number of amides is 1. The summed E-state index contributed by atoms with van der Waals surface area (Å²) in [5.41, 5.74) is 0. The fourth-order valence-electron chi connectivity index (χ4n) is 9.38. The molecule has 0 aliphatic carbocycles. The van der Waals surface area contributed by atoms with Crippen molar-refractivity contribution in [3.05, 3.63) is 24.3 Å². The molecule has 0 heterocycles. The summed E-state index contributed by atoms with van der Waals surface area (Å²) in [7, 11) is 0. The van der Waals surface area contributed by atoms with Gasteiger partial charge in [-0.05, 0) is 57.8 Å². The van der Waals surface area contributed by atoms with Crippen LogP contribution in [0.2, 0.25) is 0 Å². The quantitative estimate of drug-likeness (QED) is 0.0321. The van der Waals surface area contributed by atoms with E-state index in [1.54, 1.807) is 0 Å². The molecule has 0 saturated heterocycles. The highest BCUT2D eigenvalue weighted by molar-refractivity contribution is 5.76. The molecule has 0 radical (unpaired) electrons. The second kappa shape index (κ2) is 56.9. The normalized spacial score (nSPS) is 12.7. The van der Waals surface area contributed by atoms with E-state index >= 15 is 0 Å². The third kappa shape index (κ3) is 53.5. The number of carbonyl (C=O) groups is 2. The minimum atomic E-state index is -0.662. The van der Waals surface area contributed by atoms with Crippen LogP contribution in [0.5, 0.6) is 0 Å². The number of aliphatic hydroxyl groups excluding tert-OH is 2. The van der Waals surface area contributed by atoms with Crippen molar-refractivity contribution in [1.29, 1.82) is 0 Å². The number of rotatable bonds is 56. The molecule has 0 saturated carbocycles. The number of hydrogen-bond acceptors (Lipinski definition) is 5. The second-order valence-electron chi connectivity index (χ2n) is 20.7. The van der Waals surface area contributed by atoms with Gasteiger partial charge >= 0.3 is 5.97 Å². The van der Waals surface area contributed by atoms with Gasteiger partial charge in [0, 0.05) is 12.8 Å². The van der Waals surface area contributed by atoms with Gasteiger partial charge in [-0.25, -0.2) is 0 Å². The monoisotopic (exact) mass is 944 g/mol. The molecule has 0 bridgehead atoms. The fraction of sp³-hybridized carbons (Fsp3) is 0.902. The number of hydrogen-bond donors (Lipinski definition) is 3. The van der Waals surface area contributed by atoms with Gasteiger partial charge in [0.1, 0.15) is 0 Å². The van der Waals surface area contributed by atoms with Gasteiger partial charge in [0.2, 0.25) is 5.91 Å². The fourth-order valence-corrected chi connectivity index (χ4v) is 9.38. The first kappa shape index (κ1) is 65.3. The van der Waals surface area contributed by atoms with Crippen LogP contribution >= 0.6 is 0 Å². The largest absolute Gasteiger partial charge is 0.466 e. The van der Waals surface area contributed by atoms with E-state index in [9.17, 15) is 19.8 Å². The lowest BCUT2D eigenvalue weighted by atomic mass is 10.0. The Bertz CT molecular complexity index is 1040. The zero-order chi connectivity index (χ0) is 48.6. The number of aliphatic hydroxyl groups is 2. The zero-order valence-corrected chi connectivity index (χ0v) is 45.1. The molecule has 0 aliphatic rings. The smallest absolute Gasteiger partial charge is 0.305 e. The molecule has 0 aliphatic heterocycles. The lowest BCUT2D eigenvalue weighted by Gasteiger charge is -2.22. The van der Waals surface area contributed by atoms with E-state index < -0.39 is 12.1 Å². The van der Waals surface area contributed by atoms with E-state index in [-0.39, 0.29) is 18.5 Å². The Morgan fingerprint density at radius 1 is 0.418 bits per heavy atom. The van der Waals surface area contributed by atoms with E-state index in [0.717, 1.165) is 44.9 Å². The van der Waals surface area contributed by atoms with Crippen LogP contribution < -0.4 is 5.32 Å². The van der Waals surface area contributed by atoms with Gasteiger partial charge in [-0.15, -0.1) is 0 Å². The SMILES string of the molecule is CCCCCCCCCCCCCC(=O)OCCCCCCCCCCC/C=C\C/C=C\CCCCCCCCCCCCCCCC(=O)NC(CO)C(O)CCCCCCCCCCCC. The van der Waals surface area contributed by atoms with Crippen LogP contribution in [0.1, 0.15) is 328 Å². The van der Waals surface area contributed by atoms with Crippen molar-refractivity contribution in [3.63, 3.8) is 0 Å². The topological polar surface area (TPSA) is 95.9 Å². The first-order chi connectivity index (χ1) is 33.0. The predicted molar refractivity (Wildman–Crippen MR) is 292 cm³/mol. The number of ether oxygens (including phenoxy) is 1. The van der Waals surface area contributed by atoms with Crippen molar-refractivity contribution in [3.8, 4) is 0 Å². The highest BCUT2D eigenvalue weighted by atomic mass is 16.5. The molecule has 3 N–H and O–H groups in total. The number of carbonyl (C=O) groups excluding carboxylic acids is 2. The summed E-state index contributed by atoms with van der Waals surface area (Å²) < 4.78 is 5.46. The van der Waals surface area contributed by atoms with Crippen molar-refractivity contribution >= 4 is 11.9 Å². The minimum absolute atomic E-state index is 0.0117. The molecule has 0 aromatic carbocycles. The van der Waals surface area contributed by atoms with E-state index in [2.05, 4.69) is 43.5 Å². The molecule has 6 nitrogen and oxygen atoms in total. The van der Waals surface area contributed by atoms with E-state index in [0.29, 0.717) is 25.9 Å². The Morgan fingerprint density at radius 2 is 0.746 bits per heavy atom. The summed E-state index contributed by atoms with van der Waals surface area (Å²) in [6.07, 6.45) is 69.1. The molecule has 2 unspecified atom stereocenters. The van der Waals surface area contributed by atoms with E-state index in [1.165, 1.54) is 250 Å². The molecule has 0 fully saturated rings. The van der Waals surface area contributed by atoms with Crippen molar-refractivity contribution < 1.29 is 24.5 Å². The van der Waals surface area contributed by atoms with Crippen LogP contribution in [-0.4, -0.2) is 47.4 Å². The lowest BCUT2D eigenvalue weighted by molar-refractivity contribution is -0.143. The van der Waals surface area contributed by atoms with Crippen LogP contribution in [-0.2, 0) is 14.3 Å². The van der Waals surface area contributed by atoms with Crippen LogP contribution in [0.4, 0.5) is 0 Å². The Hall–Kier alpha value is -1.66. The second-order valence-corrected chi connectivity index (χ2v) is 20.7. The molecule has 1 amide bonds. The minimum Gasteiger partial charge on any atom is -0.466 e. The molecule has 0 rings (SSSR count). The van der Waals surface area contributed by atoms with Gasteiger partial charge in [-0.2, -0.15) is 0 Å². The average Bonchev–Trinajstić information content (AvgIpc) is 3.33. The first-order valence-electron chi connectivity index (χ1n) is 30.1. The first-order valence-corrected chi connectivity index (χ1v) is 30.1. The number of esters is 1. The standard InChI is InChI=1S/C61H117NO5/c1-3-5-7-9-11-13-34-39-43-47-51-55-61(66)67-56-52-48-44-40-36-33-31-29-27-25-23-21-19-17-15-16-18-20-22-24-26-28-30-32-35-38-42-46-50-54-60(65)62-58(57-63)59(64)53-49-45-41-37-14-12-10-8-6-4-2/h15,17,21,23,58-59,63-64H,3-14,16,18-20,22,24-57H2,1-2H3,(H,62,65)/b17-15-,23-21-. The van der Waals surface area contributed by atoms with Crippen LogP contribution in [0, 0.1) is 0 Å². The molecule has 0 spiro atoms. The Balaban J connectivity index is 3.38. The molecule has 6 heteroatoms. The van der Waals surface area contributed by atoms with Gasteiger partial charge in [-0.1, -0.05) is 282 Å². The Labute approximate surface area is 418 Å². The van der Waals surface area contributed by atoms with Gasteiger partial charge in [0.15, 0.2) is 0 Å². The van der Waals surface area contributed by atoms with E-state index in [4.69, 9.17) is 4.74 Å².